The van der Waals surface area contributed by atoms with Gasteiger partial charge >= 0.3 is 6.08 Å². The maximum Gasteiger partial charge on any atom is 0.315 e. The Kier molecular flexibility index (Phi) is 9.48. The molecule has 2 aromatic rings. The molecule has 0 saturated heterocycles. The zero-order valence-corrected chi connectivity index (χ0v) is 19.2. The summed E-state index contributed by atoms with van der Waals surface area (Å²) in [6.07, 6.45) is -1.16. The average molecular weight is 531 g/mol. The maximum absolute atomic E-state index is 13.9. The van der Waals surface area contributed by atoms with Crippen molar-refractivity contribution in [3.8, 4) is 0 Å². The topological polar surface area (TPSA) is 216 Å². The van der Waals surface area contributed by atoms with Gasteiger partial charge < -0.3 is 16.0 Å². The van der Waals surface area contributed by atoms with Gasteiger partial charge in [0.1, 0.15) is 4.90 Å². The number of nitrogens with one attached hydrogen (secondary N) is 1. The van der Waals surface area contributed by atoms with Crippen LogP contribution in [0.5, 0.6) is 0 Å². The van der Waals surface area contributed by atoms with Gasteiger partial charge in [0.25, 0.3) is 10.1 Å². The molecule has 1 aromatic carbocycles. The lowest BCUT2D eigenvalue weighted by Gasteiger charge is -2.17. The highest BCUT2D eigenvalue weighted by atomic mass is 32.2. The number of sulfone groups is 1. The van der Waals surface area contributed by atoms with Gasteiger partial charge in [0.15, 0.2) is 22.2 Å². The van der Waals surface area contributed by atoms with Crippen LogP contribution < -0.4 is 16.0 Å². The Balaban J connectivity index is 2.03. The molecule has 0 spiro atoms. The first kappa shape index (κ1) is 26.9. The van der Waals surface area contributed by atoms with Gasteiger partial charge in [-0.05, 0) is 18.2 Å². The number of rotatable bonds is 13. The van der Waals surface area contributed by atoms with Gasteiger partial charge in [-0.25, -0.2) is 13.7 Å². The second-order valence-corrected chi connectivity index (χ2v) is 10.4. The smallest absolute Gasteiger partial charge is 0.315 e. The zero-order valence-electron chi connectivity index (χ0n) is 16.8. The maximum atomic E-state index is 13.9. The second-order valence-electron chi connectivity index (χ2n) is 6.19. The molecular weight excluding hydrogens is 511 g/mol. The van der Waals surface area contributed by atoms with Crippen molar-refractivity contribution in [3.05, 3.63) is 24.3 Å². The SMILES string of the molecule is CN(CCS(=O)(=O)CCOSOOO)c1nc(F)nc(Nc2ccc(S(=O)(=O)O)c(N)c2)n1. The first-order chi connectivity index (χ1) is 15.4. The largest absolute Gasteiger partial charge is 0.398 e. The summed E-state index contributed by atoms with van der Waals surface area (Å²) in [5, 5.41) is 13.8. The first-order valence-corrected chi connectivity index (χ1v) is 12.6. The summed E-state index contributed by atoms with van der Waals surface area (Å²) >= 11 is 0.249. The number of aromatic nitrogens is 3. The number of hydrogen-bond donors (Lipinski definition) is 4. The normalized spacial score (nSPS) is 12.0. The van der Waals surface area contributed by atoms with Crippen molar-refractivity contribution in [2.45, 2.75) is 4.90 Å². The van der Waals surface area contributed by atoms with E-state index in [0.29, 0.717) is 0 Å². The van der Waals surface area contributed by atoms with Crippen molar-refractivity contribution in [1.29, 1.82) is 0 Å². The number of halogens is 1. The molecule has 19 heteroatoms. The third kappa shape index (κ3) is 8.81. The van der Waals surface area contributed by atoms with Gasteiger partial charge in [-0.1, -0.05) is 5.04 Å². The highest BCUT2D eigenvalue weighted by molar-refractivity contribution is 7.91. The van der Waals surface area contributed by atoms with Gasteiger partial charge in [-0.15, -0.1) is 4.33 Å². The Morgan fingerprint density at radius 1 is 1.21 bits per heavy atom. The van der Waals surface area contributed by atoms with E-state index < -0.39 is 30.9 Å². The minimum atomic E-state index is -4.52. The quantitative estimate of drug-likeness (QED) is 0.0689. The number of nitrogens with zero attached hydrogens (tertiary/aromatic N) is 4. The average Bonchev–Trinajstić information content (AvgIpc) is 2.70. The summed E-state index contributed by atoms with van der Waals surface area (Å²) in [5.41, 5.74) is 5.53. The van der Waals surface area contributed by atoms with Crippen LogP contribution in [0.2, 0.25) is 0 Å². The predicted octanol–water partition coefficient (Wildman–Crippen LogP) is 0.435. The third-order valence-corrected chi connectivity index (χ3v) is 6.70. The van der Waals surface area contributed by atoms with Crippen LogP contribution in [0.15, 0.2) is 23.1 Å². The molecule has 1 heterocycles. The lowest BCUT2D eigenvalue weighted by atomic mass is 10.3. The molecule has 0 bridgehead atoms. The summed E-state index contributed by atoms with van der Waals surface area (Å²) in [5.74, 6) is -1.13. The molecule has 33 heavy (non-hydrogen) atoms. The van der Waals surface area contributed by atoms with Crippen molar-refractivity contribution >= 4 is 55.6 Å². The van der Waals surface area contributed by atoms with Crippen LogP contribution in [-0.4, -0.2) is 73.3 Å². The third-order valence-electron chi connectivity index (χ3n) is 3.80. The van der Waals surface area contributed by atoms with Crippen molar-refractivity contribution in [2.75, 3.05) is 47.7 Å². The van der Waals surface area contributed by atoms with E-state index in [1.54, 1.807) is 0 Å². The van der Waals surface area contributed by atoms with Crippen LogP contribution in [-0.2, 0) is 33.5 Å². The molecule has 2 rings (SSSR count). The van der Waals surface area contributed by atoms with Gasteiger partial charge in [0.05, 0.1) is 23.8 Å². The molecule has 5 N–H and O–H groups in total. The lowest BCUT2D eigenvalue weighted by molar-refractivity contribution is -0.434. The Morgan fingerprint density at radius 2 is 1.94 bits per heavy atom. The van der Waals surface area contributed by atoms with E-state index in [9.17, 15) is 21.2 Å². The fourth-order valence-corrected chi connectivity index (χ4v) is 4.27. The minimum Gasteiger partial charge on any atom is -0.398 e. The summed E-state index contributed by atoms with van der Waals surface area (Å²) in [7, 11) is -6.65. The van der Waals surface area contributed by atoms with Crippen molar-refractivity contribution in [3.63, 3.8) is 0 Å². The molecule has 1 aromatic heterocycles. The van der Waals surface area contributed by atoms with Gasteiger partial charge in [-0.3, -0.25) is 8.74 Å². The van der Waals surface area contributed by atoms with Crippen LogP contribution in [0, 0.1) is 6.08 Å². The van der Waals surface area contributed by atoms with E-state index in [4.69, 9.17) is 19.7 Å². The van der Waals surface area contributed by atoms with Crippen LogP contribution >= 0.6 is 12.3 Å². The van der Waals surface area contributed by atoms with Crippen LogP contribution in [0.4, 0.5) is 27.7 Å². The van der Waals surface area contributed by atoms with E-state index in [1.165, 1.54) is 24.1 Å². The van der Waals surface area contributed by atoms with E-state index >= 15 is 0 Å². The van der Waals surface area contributed by atoms with Crippen LogP contribution in [0.25, 0.3) is 0 Å². The van der Waals surface area contributed by atoms with Crippen LogP contribution in [0.1, 0.15) is 0 Å². The summed E-state index contributed by atoms with van der Waals surface area (Å²) in [6.45, 7) is -0.335. The molecule has 0 aliphatic carbocycles. The molecule has 0 atom stereocenters. The molecule has 0 fully saturated rings. The predicted molar refractivity (Wildman–Crippen MR) is 114 cm³/mol. The first-order valence-electron chi connectivity index (χ1n) is 8.65. The standard InChI is InChI=1S/C14H19FN6O9S3/c1-21(4-6-32(23,24)7-5-28-31-30-29-22)14-19-12(15)18-13(20-14)17-9-2-3-11(10(16)8-9)33(25,26)27/h2-3,8,22H,4-7,16H2,1H3,(H,25,26,27)(H,17,18,19,20). The van der Waals surface area contributed by atoms with Gasteiger partial charge in [0.2, 0.25) is 11.9 Å². The van der Waals surface area contributed by atoms with Crippen molar-refractivity contribution in [2.24, 2.45) is 0 Å². The molecule has 0 unspecified atom stereocenters. The number of nitrogen functional groups attached to an aromatic ring is 1. The van der Waals surface area contributed by atoms with Gasteiger partial charge in [0, 0.05) is 19.3 Å². The van der Waals surface area contributed by atoms with Crippen LogP contribution in [0.3, 0.4) is 0 Å². The fraction of sp³-hybridized carbons (Fsp3) is 0.357. The minimum absolute atomic E-state index is 0.0926. The summed E-state index contributed by atoms with van der Waals surface area (Å²) in [4.78, 5) is 11.8. The molecule has 0 saturated carbocycles. The molecular formula is C14H19FN6O9S3. The highest BCUT2D eigenvalue weighted by Gasteiger charge is 2.17. The van der Waals surface area contributed by atoms with E-state index in [-0.39, 0.29) is 60.3 Å². The lowest BCUT2D eigenvalue weighted by Crippen LogP contribution is -2.29. The number of hydrogen-bond acceptors (Lipinski definition) is 15. The molecule has 15 nitrogen and oxygen atoms in total. The van der Waals surface area contributed by atoms with E-state index in [2.05, 4.69) is 29.6 Å². The summed E-state index contributed by atoms with van der Waals surface area (Å²) < 4.78 is 78.1. The Bertz CT molecular complexity index is 1170. The molecule has 0 aliphatic rings. The van der Waals surface area contributed by atoms with Gasteiger partial charge in [-0.2, -0.15) is 27.8 Å². The molecule has 0 amide bonds. The number of anilines is 4. The molecule has 184 valence electrons. The number of nitrogens with two attached hydrogens (primary N) is 1. The molecule has 0 aliphatic heterocycles. The fourth-order valence-electron chi connectivity index (χ4n) is 2.26. The highest BCUT2D eigenvalue weighted by Crippen LogP contribution is 2.24. The van der Waals surface area contributed by atoms with Crippen molar-refractivity contribution < 1.29 is 44.6 Å². The number of benzene rings is 1. The Labute approximate surface area is 192 Å². The van der Waals surface area contributed by atoms with Crippen molar-refractivity contribution in [1.82, 2.24) is 15.0 Å². The second kappa shape index (κ2) is 11.7. The molecule has 0 radical (unpaired) electrons. The monoisotopic (exact) mass is 530 g/mol. The zero-order chi connectivity index (χ0) is 24.6. The van der Waals surface area contributed by atoms with E-state index in [0.717, 1.165) is 6.07 Å². The van der Waals surface area contributed by atoms with E-state index in [1.807, 2.05) is 0 Å². The summed E-state index contributed by atoms with van der Waals surface area (Å²) in [6, 6.07) is 3.45. The Morgan fingerprint density at radius 3 is 2.58 bits per heavy atom. The Hall–Kier alpha value is -2.39.